The van der Waals surface area contributed by atoms with Gasteiger partial charge in [-0.2, -0.15) is 0 Å². The number of sulfone groups is 1. The SMILES string of the molecule is CN(C(=O)C1(C)Sc2ccccc2NC1=O)C1CCS(=O)(=O)C1. The molecule has 2 amide bonds. The standard InChI is InChI=1S/C15H18N2O4S2/c1-15(13(18)16-11-5-3-4-6-12(11)22-15)14(19)17(2)10-7-8-23(20,21)9-10/h3-6,10H,7-9H2,1-2H3,(H,16,18). The van der Waals surface area contributed by atoms with E-state index in [1.165, 1.54) is 16.7 Å². The van der Waals surface area contributed by atoms with Crippen molar-refractivity contribution < 1.29 is 18.0 Å². The first-order chi connectivity index (χ1) is 10.7. The van der Waals surface area contributed by atoms with Crippen LogP contribution in [0.25, 0.3) is 0 Å². The van der Waals surface area contributed by atoms with Gasteiger partial charge in [0.15, 0.2) is 14.6 Å². The largest absolute Gasteiger partial charge is 0.340 e. The van der Waals surface area contributed by atoms with Gasteiger partial charge in [0.05, 0.1) is 17.2 Å². The van der Waals surface area contributed by atoms with Gasteiger partial charge in [-0.1, -0.05) is 23.9 Å². The van der Waals surface area contributed by atoms with Gasteiger partial charge in [-0.25, -0.2) is 8.42 Å². The second-order valence-corrected chi connectivity index (χ2v) is 9.75. The van der Waals surface area contributed by atoms with Crippen molar-refractivity contribution in [3.8, 4) is 0 Å². The number of thioether (sulfide) groups is 1. The summed E-state index contributed by atoms with van der Waals surface area (Å²) in [6.07, 6.45) is 0.420. The minimum atomic E-state index is -3.09. The van der Waals surface area contributed by atoms with Crippen LogP contribution in [0.2, 0.25) is 0 Å². The number of benzene rings is 1. The lowest BCUT2D eigenvalue weighted by atomic mass is 10.1. The van der Waals surface area contributed by atoms with Gasteiger partial charge in [0, 0.05) is 18.0 Å². The van der Waals surface area contributed by atoms with Gasteiger partial charge in [-0.05, 0) is 25.5 Å². The Kier molecular flexibility index (Phi) is 3.92. The molecule has 1 fully saturated rings. The lowest BCUT2D eigenvalue weighted by molar-refractivity contribution is -0.137. The molecule has 23 heavy (non-hydrogen) atoms. The molecule has 0 aliphatic carbocycles. The van der Waals surface area contributed by atoms with Gasteiger partial charge in [0.2, 0.25) is 11.8 Å². The highest BCUT2D eigenvalue weighted by Crippen LogP contribution is 2.43. The lowest BCUT2D eigenvalue weighted by Crippen LogP contribution is -2.55. The Hall–Kier alpha value is -1.54. The molecule has 1 saturated heterocycles. The normalized spacial score (nSPS) is 28.8. The van der Waals surface area contributed by atoms with E-state index in [1.807, 2.05) is 18.2 Å². The number of para-hydroxylation sites is 1. The minimum absolute atomic E-state index is 0.0335. The highest BCUT2D eigenvalue weighted by molar-refractivity contribution is 8.02. The molecule has 2 atom stereocenters. The number of nitrogens with one attached hydrogen (secondary N) is 1. The Morgan fingerprint density at radius 1 is 1.39 bits per heavy atom. The van der Waals surface area contributed by atoms with E-state index in [2.05, 4.69) is 5.32 Å². The Labute approximate surface area is 139 Å². The van der Waals surface area contributed by atoms with Crippen LogP contribution in [0.15, 0.2) is 29.2 Å². The number of fused-ring (bicyclic) bond motifs is 1. The van der Waals surface area contributed by atoms with E-state index in [0.29, 0.717) is 12.1 Å². The highest BCUT2D eigenvalue weighted by Gasteiger charge is 2.49. The molecule has 2 heterocycles. The number of anilines is 1. The number of carbonyl (C=O) groups is 2. The summed E-state index contributed by atoms with van der Waals surface area (Å²) in [6, 6.07) is 6.94. The molecule has 0 saturated carbocycles. The van der Waals surface area contributed by atoms with Crippen molar-refractivity contribution in [2.75, 3.05) is 23.9 Å². The summed E-state index contributed by atoms with van der Waals surface area (Å²) in [5, 5.41) is 2.77. The topological polar surface area (TPSA) is 83.6 Å². The number of amides is 2. The summed E-state index contributed by atoms with van der Waals surface area (Å²) in [7, 11) is -1.51. The molecule has 1 N–H and O–H groups in total. The number of rotatable bonds is 2. The fourth-order valence-electron chi connectivity index (χ4n) is 2.89. The molecule has 2 aliphatic heterocycles. The van der Waals surface area contributed by atoms with E-state index < -0.39 is 14.6 Å². The molecule has 124 valence electrons. The van der Waals surface area contributed by atoms with Crippen molar-refractivity contribution in [1.82, 2.24) is 4.90 Å². The molecule has 8 heteroatoms. The molecule has 6 nitrogen and oxygen atoms in total. The summed E-state index contributed by atoms with van der Waals surface area (Å²) >= 11 is 1.21. The maximum Gasteiger partial charge on any atom is 0.250 e. The average Bonchev–Trinajstić information content (AvgIpc) is 2.87. The highest BCUT2D eigenvalue weighted by atomic mass is 32.2. The van der Waals surface area contributed by atoms with Crippen LogP contribution in [-0.2, 0) is 19.4 Å². The van der Waals surface area contributed by atoms with Crippen molar-refractivity contribution in [2.24, 2.45) is 0 Å². The number of nitrogens with zero attached hydrogens (tertiary/aromatic N) is 1. The van der Waals surface area contributed by atoms with Crippen LogP contribution in [0.5, 0.6) is 0 Å². The first kappa shape index (κ1) is 16.3. The van der Waals surface area contributed by atoms with E-state index in [4.69, 9.17) is 0 Å². The third-order valence-electron chi connectivity index (χ3n) is 4.37. The molecule has 0 bridgehead atoms. The van der Waals surface area contributed by atoms with Crippen LogP contribution in [0.4, 0.5) is 5.69 Å². The third-order valence-corrected chi connectivity index (χ3v) is 7.46. The summed E-state index contributed by atoms with van der Waals surface area (Å²) in [6.45, 7) is 1.59. The van der Waals surface area contributed by atoms with Gasteiger partial charge in [0.25, 0.3) is 0 Å². The Balaban J connectivity index is 1.85. The smallest absolute Gasteiger partial charge is 0.250 e. The molecule has 0 spiro atoms. The van der Waals surface area contributed by atoms with E-state index in [-0.39, 0.29) is 29.4 Å². The average molecular weight is 354 g/mol. The summed E-state index contributed by atoms with van der Waals surface area (Å²) in [5.74, 6) is -0.682. The van der Waals surface area contributed by atoms with Gasteiger partial charge >= 0.3 is 0 Å². The molecule has 1 aromatic rings. The maximum atomic E-state index is 12.9. The maximum absolute atomic E-state index is 12.9. The number of hydrogen-bond acceptors (Lipinski definition) is 5. The van der Waals surface area contributed by atoms with Crippen LogP contribution in [0.1, 0.15) is 13.3 Å². The first-order valence-electron chi connectivity index (χ1n) is 7.30. The zero-order chi connectivity index (χ0) is 16.8. The van der Waals surface area contributed by atoms with Crippen molar-refractivity contribution in [3.05, 3.63) is 24.3 Å². The molecular formula is C15H18N2O4S2. The molecule has 1 aromatic carbocycles. The molecule has 2 aliphatic rings. The van der Waals surface area contributed by atoms with E-state index in [0.717, 1.165) is 4.90 Å². The Morgan fingerprint density at radius 3 is 2.74 bits per heavy atom. The van der Waals surface area contributed by atoms with Gasteiger partial charge < -0.3 is 10.2 Å². The monoisotopic (exact) mass is 354 g/mol. The molecule has 3 rings (SSSR count). The predicted molar refractivity (Wildman–Crippen MR) is 89.2 cm³/mol. The third kappa shape index (κ3) is 2.85. The lowest BCUT2D eigenvalue weighted by Gasteiger charge is -2.36. The molecule has 0 radical (unpaired) electrons. The number of hydrogen-bond donors (Lipinski definition) is 1. The van der Waals surface area contributed by atoms with Gasteiger partial charge in [-0.15, -0.1) is 0 Å². The Bertz CT molecular complexity index is 777. The quantitative estimate of drug-likeness (QED) is 0.805. The van der Waals surface area contributed by atoms with Gasteiger partial charge in [0.1, 0.15) is 0 Å². The van der Waals surface area contributed by atoms with Crippen molar-refractivity contribution in [3.63, 3.8) is 0 Å². The summed E-state index contributed by atoms with van der Waals surface area (Å²) in [5.41, 5.74) is 0.693. The van der Waals surface area contributed by atoms with Gasteiger partial charge in [-0.3, -0.25) is 9.59 Å². The fourth-order valence-corrected chi connectivity index (χ4v) is 5.86. The minimum Gasteiger partial charge on any atom is -0.340 e. The zero-order valence-corrected chi connectivity index (χ0v) is 14.5. The van der Waals surface area contributed by atoms with Crippen LogP contribution >= 0.6 is 11.8 Å². The van der Waals surface area contributed by atoms with Crippen LogP contribution in [0, 0.1) is 0 Å². The first-order valence-corrected chi connectivity index (χ1v) is 9.94. The summed E-state index contributed by atoms with van der Waals surface area (Å²) < 4.78 is 22.0. The predicted octanol–water partition coefficient (Wildman–Crippen LogP) is 1.14. The molecule has 0 aromatic heterocycles. The fraction of sp³-hybridized carbons (Fsp3) is 0.467. The van der Waals surface area contributed by atoms with E-state index in [1.54, 1.807) is 20.0 Å². The van der Waals surface area contributed by atoms with Crippen molar-refractivity contribution >= 4 is 39.1 Å². The van der Waals surface area contributed by atoms with Crippen molar-refractivity contribution in [2.45, 2.75) is 29.0 Å². The van der Waals surface area contributed by atoms with E-state index >= 15 is 0 Å². The van der Waals surface area contributed by atoms with Crippen molar-refractivity contribution in [1.29, 1.82) is 0 Å². The van der Waals surface area contributed by atoms with Crippen LogP contribution in [0.3, 0.4) is 0 Å². The van der Waals surface area contributed by atoms with Crippen LogP contribution < -0.4 is 5.32 Å². The second-order valence-electron chi connectivity index (χ2n) is 6.06. The van der Waals surface area contributed by atoms with Crippen LogP contribution in [-0.4, -0.2) is 54.5 Å². The Morgan fingerprint density at radius 2 is 2.09 bits per heavy atom. The molecule has 2 unspecified atom stereocenters. The second kappa shape index (κ2) is 5.52. The zero-order valence-electron chi connectivity index (χ0n) is 12.9. The summed E-state index contributed by atoms with van der Waals surface area (Å²) in [4.78, 5) is 27.6. The number of carbonyl (C=O) groups excluding carboxylic acids is 2. The van der Waals surface area contributed by atoms with E-state index in [9.17, 15) is 18.0 Å². The molecular weight excluding hydrogens is 336 g/mol.